The Morgan fingerprint density at radius 2 is 0.836 bits per heavy atom. The Balaban J connectivity index is 0.000000215. The van der Waals surface area contributed by atoms with E-state index in [9.17, 15) is 49.2 Å². The standard InChI is InChI=1S/C27H44N4O5S.C25H39N3O7S.C14H21NO6S.C11H20N2O2/c1-20-14-24(35-5)15-21(2)27(20)37(33,34)29(4)12-13-36-19-26(32)31-11-8-23-17-30(18-25(23)31)16-22-6-9-28(3)10-7-22;1-17-12-20(33-7)13-18(2)23(17)36(31,32)26(6)10-11-34-16-22(29)28-9-8-19-14-27(15-21(19)28)24(30)35-25(3,4)5;1-10-7-12(20-4)8-11(2)14(10)22(18,19)15(3)5-6-21-9-13(16)17;1-11(2,3)15-10(14)13-6-8-4-5-12-9(8)7-13/h14-15,22-23,25H,6-13,16-19H2,1-5H3;12-13,19,21H,8-11,14-16H2,1-7H3;7-8H,5-6,9H2,1-4H3,(H,16,17);8-9,12H,4-7H2,1-3H3/t23-,25+;19-,21+;;8-,9+/m00.0/s1. The van der Waals surface area contributed by atoms with Crippen LogP contribution in [0.15, 0.2) is 51.1 Å². The van der Waals surface area contributed by atoms with E-state index in [1.807, 2.05) is 51.3 Å². The highest BCUT2D eigenvalue weighted by Crippen LogP contribution is 2.36. The molecule has 10 rings (SSSR count). The van der Waals surface area contributed by atoms with E-state index < -0.39 is 48.2 Å². The zero-order chi connectivity index (χ0) is 81.5. The molecule has 7 aliphatic heterocycles. The number of carbonyl (C=O) groups excluding carboxylic acids is 4. The molecular weight excluding hydrogens is 1480 g/mol. The number of rotatable bonds is 26. The highest BCUT2D eigenvalue weighted by atomic mass is 32.2. The van der Waals surface area contributed by atoms with Gasteiger partial charge in [-0.1, -0.05) is 0 Å². The second-order valence-corrected chi connectivity index (χ2v) is 38.0. The fourth-order valence-corrected chi connectivity index (χ4v) is 20.2. The van der Waals surface area contributed by atoms with Crippen LogP contribution in [0.4, 0.5) is 9.59 Å². The Morgan fingerprint density at radius 3 is 1.20 bits per heavy atom. The summed E-state index contributed by atoms with van der Waals surface area (Å²) in [5.41, 5.74) is 2.73. The van der Waals surface area contributed by atoms with Crippen LogP contribution in [0.2, 0.25) is 0 Å². The molecule has 7 saturated heterocycles. The van der Waals surface area contributed by atoms with E-state index in [-0.39, 0.29) is 110 Å². The monoisotopic (exact) mass is 1600 g/mol. The summed E-state index contributed by atoms with van der Waals surface area (Å²) < 4.78 is 124. The Kier molecular flexibility index (Phi) is 32.6. The van der Waals surface area contributed by atoms with E-state index >= 15 is 0 Å². The van der Waals surface area contributed by atoms with Gasteiger partial charge in [0.15, 0.2) is 0 Å². The van der Waals surface area contributed by atoms with Gasteiger partial charge < -0.3 is 77.7 Å². The highest BCUT2D eigenvalue weighted by Gasteiger charge is 2.47. The largest absolute Gasteiger partial charge is 0.497 e. The first-order chi connectivity index (χ1) is 51.5. The van der Waals surface area contributed by atoms with Crippen LogP contribution in [0.3, 0.4) is 0 Å². The predicted molar refractivity (Wildman–Crippen MR) is 416 cm³/mol. The van der Waals surface area contributed by atoms with E-state index in [4.69, 9.17) is 43.0 Å². The van der Waals surface area contributed by atoms with E-state index in [0.29, 0.717) is 93.0 Å². The number of benzene rings is 3. The number of methoxy groups -OCH3 is 3. The quantitative estimate of drug-likeness (QED) is 0.0811. The molecule has 0 aromatic heterocycles. The molecule has 3 aromatic rings. The lowest BCUT2D eigenvalue weighted by molar-refractivity contribution is -0.142. The molecule has 33 heteroatoms. The summed E-state index contributed by atoms with van der Waals surface area (Å²) in [7, 11) is 0.218. The fourth-order valence-electron chi connectivity index (χ4n) is 15.5. The summed E-state index contributed by atoms with van der Waals surface area (Å²) in [6, 6.07) is 10.9. The second kappa shape index (κ2) is 39.5. The lowest BCUT2D eigenvalue weighted by Gasteiger charge is -2.32. The topological polar surface area (TPSA) is 323 Å². The number of nitrogens with zero attached hydrogens (tertiary/aromatic N) is 9. The number of fused-ring (bicyclic) bond motifs is 3. The number of aryl methyl sites for hydroxylation is 6. The minimum absolute atomic E-state index is 0.00728. The summed E-state index contributed by atoms with van der Waals surface area (Å²) in [4.78, 5) is 73.3. The SMILES string of the molecule is CC(C)(C)OC(=O)N1C[C@@H]2CCN[C@@H]2C1.COc1cc(C)c(S(=O)(=O)N(C)CCOCC(=O)N2CC[C@H]3CN(C(=O)OC(C)(C)C)C[C@H]32)c(C)c1.COc1cc(C)c(S(=O)(=O)N(C)CCOCC(=O)N2CC[C@H]3CN(CC4CCN(C)CC4)C[C@H]32)c(C)c1.COc1cc(C)c(S(=O)(=O)N(C)CCOCC(=O)O)c(C)c1. The van der Waals surface area contributed by atoms with Crippen molar-refractivity contribution in [3.05, 3.63) is 69.8 Å². The zero-order valence-electron chi connectivity index (χ0n) is 68.3. The number of ether oxygens (including phenoxy) is 8. The van der Waals surface area contributed by atoms with E-state index in [0.717, 1.165) is 68.9 Å². The van der Waals surface area contributed by atoms with Crippen LogP contribution in [-0.4, -0.2) is 319 Å². The average Bonchev–Trinajstić information content (AvgIpc) is 1.31. The number of carboxylic acid groups (broad SMARTS) is 1. The number of likely N-dealkylation sites (N-methyl/N-ethyl adjacent to an activating group) is 3. The van der Waals surface area contributed by atoms with Crippen molar-refractivity contribution in [2.75, 3.05) is 187 Å². The molecule has 0 bridgehead atoms. The lowest BCUT2D eigenvalue weighted by atomic mass is 9.96. The second-order valence-electron chi connectivity index (χ2n) is 32.1. The molecule has 110 heavy (non-hydrogen) atoms. The Hall–Kier alpha value is -6.50. The third-order valence-corrected chi connectivity index (χ3v) is 27.7. The number of nitrogens with one attached hydrogen (secondary N) is 1. The van der Waals surface area contributed by atoms with Gasteiger partial charge in [0.25, 0.3) is 0 Å². The first kappa shape index (κ1) is 90.7. The van der Waals surface area contributed by atoms with Crippen LogP contribution in [0, 0.1) is 65.2 Å². The molecule has 0 radical (unpaired) electrons. The molecule has 7 fully saturated rings. The van der Waals surface area contributed by atoms with Crippen molar-refractivity contribution in [1.82, 2.24) is 47.6 Å². The molecule has 0 saturated carbocycles. The zero-order valence-corrected chi connectivity index (χ0v) is 70.8. The molecule has 7 heterocycles. The van der Waals surface area contributed by atoms with E-state index in [2.05, 4.69) is 22.2 Å². The van der Waals surface area contributed by atoms with Crippen molar-refractivity contribution in [3.8, 4) is 17.2 Å². The van der Waals surface area contributed by atoms with Crippen LogP contribution in [0.25, 0.3) is 0 Å². The number of hydrogen-bond acceptors (Lipinski definition) is 22. The maximum Gasteiger partial charge on any atom is 0.410 e. The van der Waals surface area contributed by atoms with Gasteiger partial charge >= 0.3 is 18.2 Å². The molecule has 620 valence electrons. The van der Waals surface area contributed by atoms with Gasteiger partial charge in [0.05, 0.1) is 61.9 Å². The van der Waals surface area contributed by atoms with Crippen LogP contribution in [0.5, 0.6) is 17.2 Å². The number of piperidine rings is 1. The smallest absolute Gasteiger partial charge is 0.410 e. The fraction of sp³-hybridized carbons (Fsp3) is 0.701. The van der Waals surface area contributed by atoms with Gasteiger partial charge in [0, 0.05) is 118 Å². The Morgan fingerprint density at radius 1 is 0.482 bits per heavy atom. The number of sulfonamides is 3. The normalized spacial score (nSPS) is 21.0. The number of amides is 4. The van der Waals surface area contributed by atoms with Gasteiger partial charge in [-0.05, 0) is 229 Å². The molecule has 3 aromatic carbocycles. The van der Waals surface area contributed by atoms with Gasteiger partial charge in [-0.2, -0.15) is 12.9 Å². The molecule has 0 spiro atoms. The molecule has 4 amide bonds. The number of aliphatic carboxylic acids is 1. The summed E-state index contributed by atoms with van der Waals surface area (Å²) in [6.45, 7) is 32.4. The number of likely N-dealkylation sites (tertiary alicyclic amines) is 6. The van der Waals surface area contributed by atoms with Crippen LogP contribution in [-0.2, 0) is 68.1 Å². The Labute approximate surface area is 653 Å². The summed E-state index contributed by atoms with van der Waals surface area (Å²) in [5, 5.41) is 11.9. The van der Waals surface area contributed by atoms with Crippen LogP contribution in [0.1, 0.15) is 107 Å². The number of hydrogen-bond donors (Lipinski definition) is 2. The van der Waals surface area contributed by atoms with Crippen molar-refractivity contribution in [2.24, 2.45) is 23.7 Å². The van der Waals surface area contributed by atoms with Gasteiger partial charge in [-0.25, -0.2) is 39.6 Å². The number of carboxylic acids is 1. The number of carbonyl (C=O) groups is 5. The van der Waals surface area contributed by atoms with E-state index in [1.54, 1.807) is 109 Å². The van der Waals surface area contributed by atoms with Gasteiger partial charge in [-0.15, -0.1) is 0 Å². The molecule has 6 atom stereocenters. The van der Waals surface area contributed by atoms with Crippen molar-refractivity contribution in [3.63, 3.8) is 0 Å². The first-order valence-electron chi connectivity index (χ1n) is 38.0. The first-order valence-corrected chi connectivity index (χ1v) is 42.3. The van der Waals surface area contributed by atoms with Gasteiger partial charge in [0.1, 0.15) is 48.3 Å². The molecule has 0 aliphatic carbocycles. The Bertz CT molecular complexity index is 3920. The van der Waals surface area contributed by atoms with Crippen molar-refractivity contribution in [1.29, 1.82) is 0 Å². The summed E-state index contributed by atoms with van der Waals surface area (Å²) >= 11 is 0. The highest BCUT2D eigenvalue weighted by molar-refractivity contribution is 7.89. The minimum atomic E-state index is -3.73. The van der Waals surface area contributed by atoms with Gasteiger partial charge in [0.2, 0.25) is 41.9 Å². The molecule has 7 aliphatic rings. The molecule has 0 unspecified atom stereocenters. The molecule has 30 nitrogen and oxygen atoms in total. The molecule has 2 N–H and O–H groups in total. The van der Waals surface area contributed by atoms with Crippen molar-refractivity contribution < 1.29 is 92.2 Å². The third-order valence-electron chi connectivity index (χ3n) is 21.2. The average molecular weight is 1610 g/mol. The third kappa shape index (κ3) is 24.5. The molecular formula is C77H124N10O20S3. The van der Waals surface area contributed by atoms with Crippen molar-refractivity contribution in [2.45, 2.75) is 159 Å². The van der Waals surface area contributed by atoms with E-state index in [1.165, 1.54) is 62.2 Å². The summed E-state index contributed by atoms with van der Waals surface area (Å²) in [6.07, 6.45) is 5.08. The summed E-state index contributed by atoms with van der Waals surface area (Å²) in [5.74, 6) is 2.80. The minimum Gasteiger partial charge on any atom is -0.497 e. The predicted octanol–water partition coefficient (Wildman–Crippen LogP) is 6.49. The maximum absolute atomic E-state index is 13.2. The van der Waals surface area contributed by atoms with Gasteiger partial charge in [-0.3, -0.25) is 9.59 Å². The lowest BCUT2D eigenvalue weighted by Crippen LogP contribution is -2.43. The van der Waals surface area contributed by atoms with Crippen molar-refractivity contribution >= 4 is 60.0 Å². The van der Waals surface area contributed by atoms with Crippen LogP contribution >= 0.6 is 0 Å². The maximum atomic E-state index is 13.2. The van der Waals surface area contributed by atoms with Crippen LogP contribution < -0.4 is 19.5 Å².